The summed E-state index contributed by atoms with van der Waals surface area (Å²) < 4.78 is 1.65. The lowest BCUT2D eigenvalue weighted by Crippen LogP contribution is -3.00. The molecule has 0 aliphatic heterocycles. The van der Waals surface area contributed by atoms with Gasteiger partial charge in [-0.25, -0.2) is 4.57 Å². The molecule has 4 heteroatoms. The minimum absolute atomic E-state index is 0. The highest BCUT2D eigenvalue weighted by Crippen LogP contribution is 2.53. The Labute approximate surface area is 94.1 Å². The average molecular weight is 239 g/mol. The molecule has 0 spiro atoms. The fraction of sp³-hybridized carbons (Fsp3) is 0.444. The van der Waals surface area contributed by atoms with Crippen molar-refractivity contribution in [1.82, 2.24) is 0 Å². The van der Waals surface area contributed by atoms with Gasteiger partial charge in [0.2, 0.25) is 0 Å². The molecule has 1 atom stereocenters. The summed E-state index contributed by atoms with van der Waals surface area (Å²) in [5.41, 5.74) is 0. The van der Waals surface area contributed by atoms with Crippen molar-refractivity contribution in [3.05, 3.63) is 30.6 Å². The molecule has 0 bridgehead atoms. The van der Waals surface area contributed by atoms with Crippen LogP contribution in [-0.4, -0.2) is 4.33 Å². The fourth-order valence-corrected chi connectivity index (χ4v) is 1.79. The summed E-state index contributed by atoms with van der Waals surface area (Å²) in [7, 11) is 0. The van der Waals surface area contributed by atoms with Crippen LogP contribution in [0.2, 0.25) is 0 Å². The van der Waals surface area contributed by atoms with Crippen molar-refractivity contribution in [3.63, 3.8) is 0 Å². The fourth-order valence-electron chi connectivity index (χ4n) is 1.28. The molecule has 0 N–H and O–H groups in total. The van der Waals surface area contributed by atoms with E-state index in [2.05, 4.69) is 4.57 Å². The summed E-state index contributed by atoms with van der Waals surface area (Å²) in [6.07, 6.45) is 4.97. The van der Waals surface area contributed by atoms with Crippen LogP contribution in [-0.2, 0) is 6.54 Å². The number of alkyl halides is 2. The molecule has 1 nitrogen and oxygen atoms in total. The van der Waals surface area contributed by atoms with Gasteiger partial charge in [0, 0.05) is 12.1 Å². The Kier molecular flexibility index (Phi) is 3.44. The van der Waals surface area contributed by atoms with Gasteiger partial charge in [-0.1, -0.05) is 6.07 Å². The predicted octanol–water partition coefficient (Wildman–Crippen LogP) is -0.828. The molecule has 1 saturated carbocycles. The molecule has 13 heavy (non-hydrogen) atoms. The second kappa shape index (κ2) is 4.04. The maximum Gasteiger partial charge on any atom is 0.168 e. The maximum atomic E-state index is 5.91. The van der Waals surface area contributed by atoms with Crippen LogP contribution < -0.4 is 17.0 Å². The molecule has 1 aromatic heterocycles. The third-order valence-corrected chi connectivity index (χ3v) is 3.09. The van der Waals surface area contributed by atoms with Crippen molar-refractivity contribution in [3.8, 4) is 0 Å². The van der Waals surface area contributed by atoms with Gasteiger partial charge in [0.1, 0.15) is 4.33 Å². The highest BCUT2D eigenvalue weighted by molar-refractivity contribution is 6.50. The van der Waals surface area contributed by atoms with E-state index >= 15 is 0 Å². The van der Waals surface area contributed by atoms with E-state index in [1.807, 2.05) is 30.6 Å². The highest BCUT2D eigenvalue weighted by Gasteiger charge is 2.53. The Morgan fingerprint density at radius 1 is 1.23 bits per heavy atom. The van der Waals surface area contributed by atoms with Gasteiger partial charge in [0.25, 0.3) is 0 Å². The first-order chi connectivity index (χ1) is 5.68. The number of rotatable bonds is 2. The van der Waals surface area contributed by atoms with Gasteiger partial charge >= 0.3 is 0 Å². The van der Waals surface area contributed by atoms with Crippen LogP contribution in [0.1, 0.15) is 6.42 Å². The van der Waals surface area contributed by atoms with Crippen LogP contribution in [0.5, 0.6) is 0 Å². The Hall–Kier alpha value is 0.0200. The highest BCUT2D eigenvalue weighted by atomic mass is 35.5. The van der Waals surface area contributed by atoms with E-state index in [0.717, 1.165) is 13.0 Å². The first kappa shape index (κ1) is 11.1. The third kappa shape index (κ3) is 2.73. The first-order valence-corrected chi connectivity index (χ1v) is 4.76. The van der Waals surface area contributed by atoms with Gasteiger partial charge in [-0.05, 0) is 6.42 Å². The van der Waals surface area contributed by atoms with Crippen molar-refractivity contribution in [2.75, 3.05) is 0 Å². The Balaban J connectivity index is 0.000000845. The Bertz CT molecular complexity index is 273. The quantitative estimate of drug-likeness (QED) is 0.468. The van der Waals surface area contributed by atoms with Crippen molar-refractivity contribution >= 4 is 23.2 Å². The lowest BCUT2D eigenvalue weighted by molar-refractivity contribution is -0.700. The first-order valence-electron chi connectivity index (χ1n) is 4.00. The monoisotopic (exact) mass is 237 g/mol. The van der Waals surface area contributed by atoms with E-state index in [1.165, 1.54) is 0 Å². The summed E-state index contributed by atoms with van der Waals surface area (Å²) in [4.78, 5) is 0. The van der Waals surface area contributed by atoms with Crippen LogP contribution in [0, 0.1) is 5.92 Å². The van der Waals surface area contributed by atoms with E-state index in [-0.39, 0.29) is 12.4 Å². The number of halogens is 3. The summed E-state index contributed by atoms with van der Waals surface area (Å²) >= 11 is 11.8. The number of pyridine rings is 1. The van der Waals surface area contributed by atoms with E-state index in [0.29, 0.717) is 5.92 Å². The van der Waals surface area contributed by atoms with Crippen molar-refractivity contribution in [1.29, 1.82) is 0 Å². The molecule has 1 unspecified atom stereocenters. The minimum atomic E-state index is -0.456. The molecule has 0 amide bonds. The number of nitrogens with zero attached hydrogens (tertiary/aromatic N) is 1. The molecule has 0 aromatic carbocycles. The molecule has 0 radical (unpaired) electrons. The molecule has 0 saturated heterocycles. The largest absolute Gasteiger partial charge is 1.00 e. The topological polar surface area (TPSA) is 3.88 Å². The Morgan fingerprint density at radius 2 is 1.77 bits per heavy atom. The van der Waals surface area contributed by atoms with E-state index < -0.39 is 4.33 Å². The number of aromatic nitrogens is 1. The maximum absolute atomic E-state index is 5.91. The second-order valence-electron chi connectivity index (χ2n) is 3.23. The summed E-state index contributed by atoms with van der Waals surface area (Å²) in [6.45, 7) is 0.924. The number of hydrogen-bond acceptors (Lipinski definition) is 0. The standard InChI is InChI=1S/C9H10Cl2N.ClH/c10-9(11)6-8(9)7-12-4-2-1-3-5-12;/h1-5,8H,6-7H2;1H/q+1;/p-1. The molecule has 72 valence electrons. The van der Waals surface area contributed by atoms with Crippen molar-refractivity contribution in [2.45, 2.75) is 17.3 Å². The van der Waals surface area contributed by atoms with Gasteiger partial charge < -0.3 is 12.4 Å². The molecular weight excluding hydrogens is 228 g/mol. The molecule has 1 heterocycles. The smallest absolute Gasteiger partial charge is 0.168 e. The third-order valence-electron chi connectivity index (χ3n) is 2.16. The molecule has 1 aliphatic rings. The SMILES string of the molecule is ClC1(Cl)CC1C[n+]1ccccc1.[Cl-]. The van der Waals surface area contributed by atoms with E-state index in [4.69, 9.17) is 23.2 Å². The zero-order valence-corrected chi connectivity index (χ0v) is 9.23. The van der Waals surface area contributed by atoms with Crippen LogP contribution in [0.3, 0.4) is 0 Å². The Morgan fingerprint density at radius 3 is 2.23 bits per heavy atom. The van der Waals surface area contributed by atoms with Gasteiger partial charge in [-0.2, -0.15) is 0 Å². The lowest BCUT2D eigenvalue weighted by atomic mass is 10.4. The van der Waals surface area contributed by atoms with E-state index in [9.17, 15) is 0 Å². The normalized spacial score (nSPS) is 23.4. The molecule has 2 rings (SSSR count). The van der Waals surface area contributed by atoms with Crippen molar-refractivity contribution in [2.24, 2.45) is 5.92 Å². The minimum Gasteiger partial charge on any atom is -1.00 e. The van der Waals surface area contributed by atoms with Gasteiger partial charge in [0.15, 0.2) is 18.9 Å². The summed E-state index contributed by atoms with van der Waals surface area (Å²) in [5, 5.41) is 0. The summed E-state index contributed by atoms with van der Waals surface area (Å²) in [5.74, 6) is 0.424. The zero-order chi connectivity index (χ0) is 8.60. The van der Waals surface area contributed by atoms with Gasteiger partial charge in [0.05, 0.1) is 5.92 Å². The van der Waals surface area contributed by atoms with E-state index in [1.54, 1.807) is 0 Å². The van der Waals surface area contributed by atoms with Gasteiger partial charge in [-0.3, -0.25) is 0 Å². The number of hydrogen-bond donors (Lipinski definition) is 0. The van der Waals surface area contributed by atoms with Crippen LogP contribution in [0.15, 0.2) is 30.6 Å². The van der Waals surface area contributed by atoms with Gasteiger partial charge in [-0.15, -0.1) is 23.2 Å². The van der Waals surface area contributed by atoms with Crippen LogP contribution in [0.25, 0.3) is 0 Å². The predicted molar refractivity (Wildman–Crippen MR) is 49.2 cm³/mol. The zero-order valence-electron chi connectivity index (χ0n) is 6.96. The molecular formula is C9H10Cl3N. The van der Waals surface area contributed by atoms with Crippen LogP contribution in [0.4, 0.5) is 0 Å². The van der Waals surface area contributed by atoms with Crippen molar-refractivity contribution < 1.29 is 17.0 Å². The molecule has 1 aromatic rings. The summed E-state index contributed by atoms with van der Waals surface area (Å²) in [6, 6.07) is 6.01. The van der Waals surface area contributed by atoms with Crippen LogP contribution >= 0.6 is 23.2 Å². The molecule has 1 aliphatic carbocycles. The lowest BCUT2D eigenvalue weighted by Gasteiger charge is -1.95. The average Bonchev–Trinajstić information content (AvgIpc) is 2.61. The molecule has 1 fully saturated rings. The second-order valence-corrected chi connectivity index (χ2v) is 4.78.